The third-order valence-electron chi connectivity index (χ3n) is 5.53. The maximum atomic E-state index is 12.5. The van der Waals surface area contributed by atoms with Gasteiger partial charge in [-0.05, 0) is 62.1 Å². The minimum absolute atomic E-state index is 0.00262. The van der Waals surface area contributed by atoms with Gasteiger partial charge in [-0.1, -0.05) is 6.42 Å². The van der Waals surface area contributed by atoms with Crippen LogP contribution in [0.25, 0.3) is 11.0 Å². The van der Waals surface area contributed by atoms with Crippen LogP contribution in [0.4, 0.5) is 0 Å². The predicted octanol–water partition coefficient (Wildman–Crippen LogP) is 3.18. The van der Waals surface area contributed by atoms with Gasteiger partial charge in [0.05, 0.1) is 11.0 Å². The third-order valence-corrected chi connectivity index (χ3v) is 5.53. The SMILES string of the molecule is C[C@H](NC(=O)c1ccc2nccnc2c1)[C@@H]1C[C@H]2CC[C@H]1C2. The molecule has 1 heterocycles. The Morgan fingerprint density at radius 2 is 2.00 bits per heavy atom. The van der Waals surface area contributed by atoms with Crippen molar-refractivity contribution in [1.29, 1.82) is 0 Å². The summed E-state index contributed by atoms with van der Waals surface area (Å²) in [6, 6.07) is 5.77. The standard InChI is InChI=1S/C18H21N3O/c1-11(15-9-12-2-3-13(15)8-12)21-18(22)14-4-5-16-17(10-14)20-7-6-19-16/h4-7,10-13,15H,2-3,8-9H2,1H3,(H,21,22)/t11-,12-,13-,15-/m0/s1. The average Bonchev–Trinajstić information content (AvgIpc) is 3.17. The van der Waals surface area contributed by atoms with Gasteiger partial charge in [0.1, 0.15) is 0 Å². The number of rotatable bonds is 3. The highest BCUT2D eigenvalue weighted by atomic mass is 16.1. The van der Waals surface area contributed by atoms with E-state index >= 15 is 0 Å². The molecule has 114 valence electrons. The largest absolute Gasteiger partial charge is 0.349 e. The third kappa shape index (κ3) is 2.36. The molecule has 2 aliphatic carbocycles. The first kappa shape index (κ1) is 13.7. The smallest absolute Gasteiger partial charge is 0.251 e. The zero-order chi connectivity index (χ0) is 15.1. The van der Waals surface area contributed by atoms with E-state index in [1.54, 1.807) is 12.4 Å². The number of carbonyl (C=O) groups excluding carboxylic acids is 1. The van der Waals surface area contributed by atoms with E-state index in [9.17, 15) is 4.79 Å². The van der Waals surface area contributed by atoms with E-state index in [1.807, 2.05) is 18.2 Å². The highest BCUT2D eigenvalue weighted by Crippen LogP contribution is 2.49. The number of nitrogens with one attached hydrogen (secondary N) is 1. The summed E-state index contributed by atoms with van der Waals surface area (Å²) in [6.45, 7) is 2.16. The van der Waals surface area contributed by atoms with Crippen molar-refractivity contribution < 1.29 is 4.79 Å². The van der Waals surface area contributed by atoms with Crippen LogP contribution < -0.4 is 5.32 Å². The van der Waals surface area contributed by atoms with Crippen LogP contribution in [0.2, 0.25) is 0 Å². The summed E-state index contributed by atoms with van der Waals surface area (Å²) in [5, 5.41) is 3.20. The van der Waals surface area contributed by atoms with E-state index in [-0.39, 0.29) is 11.9 Å². The number of fused-ring (bicyclic) bond motifs is 3. The predicted molar refractivity (Wildman–Crippen MR) is 85.4 cm³/mol. The van der Waals surface area contributed by atoms with Crippen LogP contribution in [0.3, 0.4) is 0 Å². The molecule has 22 heavy (non-hydrogen) atoms. The lowest BCUT2D eigenvalue weighted by atomic mass is 9.84. The zero-order valence-electron chi connectivity index (χ0n) is 12.8. The summed E-state index contributed by atoms with van der Waals surface area (Å²) in [5.74, 6) is 2.39. The van der Waals surface area contributed by atoms with Crippen molar-refractivity contribution in [3.05, 3.63) is 36.2 Å². The molecule has 2 bridgehead atoms. The Hall–Kier alpha value is -1.97. The van der Waals surface area contributed by atoms with E-state index in [2.05, 4.69) is 22.2 Å². The molecule has 1 amide bonds. The van der Waals surface area contributed by atoms with Gasteiger partial charge >= 0.3 is 0 Å². The topological polar surface area (TPSA) is 54.9 Å². The van der Waals surface area contributed by atoms with Crippen molar-refractivity contribution in [3.8, 4) is 0 Å². The van der Waals surface area contributed by atoms with Crippen LogP contribution in [-0.4, -0.2) is 21.9 Å². The van der Waals surface area contributed by atoms with E-state index in [4.69, 9.17) is 0 Å². The Morgan fingerprint density at radius 1 is 1.18 bits per heavy atom. The second-order valence-electron chi connectivity index (χ2n) is 6.86. The van der Waals surface area contributed by atoms with Crippen LogP contribution in [0.5, 0.6) is 0 Å². The van der Waals surface area contributed by atoms with Gasteiger partial charge in [0.15, 0.2) is 0 Å². The molecule has 0 aliphatic heterocycles. The maximum Gasteiger partial charge on any atom is 0.251 e. The van der Waals surface area contributed by atoms with Gasteiger partial charge < -0.3 is 5.32 Å². The molecule has 0 spiro atoms. The molecule has 1 aromatic carbocycles. The first-order valence-corrected chi connectivity index (χ1v) is 8.22. The van der Waals surface area contributed by atoms with Gasteiger partial charge in [-0.2, -0.15) is 0 Å². The monoisotopic (exact) mass is 295 g/mol. The fourth-order valence-corrected chi connectivity index (χ4v) is 4.41. The molecule has 0 unspecified atom stereocenters. The lowest BCUT2D eigenvalue weighted by Gasteiger charge is -2.28. The molecule has 4 rings (SSSR count). The molecule has 1 aromatic heterocycles. The molecule has 4 atom stereocenters. The number of carbonyl (C=O) groups is 1. The van der Waals surface area contributed by atoms with Crippen molar-refractivity contribution in [2.24, 2.45) is 17.8 Å². The fourth-order valence-electron chi connectivity index (χ4n) is 4.41. The van der Waals surface area contributed by atoms with Gasteiger partial charge in [-0.15, -0.1) is 0 Å². The molecule has 4 heteroatoms. The number of nitrogens with zero attached hydrogens (tertiary/aromatic N) is 2. The summed E-state index contributed by atoms with van der Waals surface area (Å²) in [7, 11) is 0. The second kappa shape index (κ2) is 5.34. The lowest BCUT2D eigenvalue weighted by Crippen LogP contribution is -2.40. The molecule has 2 saturated carbocycles. The Kier molecular flexibility index (Phi) is 3.32. The number of benzene rings is 1. The maximum absolute atomic E-state index is 12.5. The van der Waals surface area contributed by atoms with Gasteiger partial charge in [0.2, 0.25) is 0 Å². The van der Waals surface area contributed by atoms with Crippen LogP contribution in [0, 0.1) is 17.8 Å². The minimum atomic E-state index is 0.00262. The minimum Gasteiger partial charge on any atom is -0.349 e. The van der Waals surface area contributed by atoms with Gasteiger partial charge in [-0.25, -0.2) is 0 Å². The summed E-state index contributed by atoms with van der Waals surface area (Å²) >= 11 is 0. The molecule has 2 aliphatic rings. The Morgan fingerprint density at radius 3 is 2.73 bits per heavy atom. The summed E-state index contributed by atoms with van der Waals surface area (Å²) in [6.07, 6.45) is 8.72. The first-order chi connectivity index (χ1) is 10.7. The van der Waals surface area contributed by atoms with Crippen molar-refractivity contribution in [3.63, 3.8) is 0 Å². The van der Waals surface area contributed by atoms with E-state index in [1.165, 1.54) is 25.7 Å². The van der Waals surface area contributed by atoms with Crippen molar-refractivity contribution in [2.75, 3.05) is 0 Å². The molecule has 2 fully saturated rings. The molecule has 0 radical (unpaired) electrons. The molecular weight excluding hydrogens is 274 g/mol. The van der Waals surface area contributed by atoms with E-state index in [0.717, 1.165) is 22.9 Å². The number of hydrogen-bond acceptors (Lipinski definition) is 3. The van der Waals surface area contributed by atoms with Crippen molar-refractivity contribution >= 4 is 16.9 Å². The summed E-state index contributed by atoms with van der Waals surface area (Å²) in [5.41, 5.74) is 2.26. The Bertz CT molecular complexity index is 714. The number of amides is 1. The highest BCUT2D eigenvalue weighted by Gasteiger charge is 2.42. The summed E-state index contributed by atoms with van der Waals surface area (Å²) < 4.78 is 0. The normalized spacial score (nSPS) is 28.0. The Balaban J connectivity index is 1.48. The molecule has 2 aromatic rings. The number of hydrogen-bond donors (Lipinski definition) is 1. The lowest BCUT2D eigenvalue weighted by molar-refractivity contribution is 0.0915. The quantitative estimate of drug-likeness (QED) is 0.946. The highest BCUT2D eigenvalue weighted by molar-refractivity contribution is 5.97. The van der Waals surface area contributed by atoms with E-state index in [0.29, 0.717) is 11.5 Å². The van der Waals surface area contributed by atoms with Gasteiger partial charge in [-0.3, -0.25) is 14.8 Å². The Labute approximate surface area is 130 Å². The van der Waals surface area contributed by atoms with E-state index < -0.39 is 0 Å². The first-order valence-electron chi connectivity index (χ1n) is 8.22. The van der Waals surface area contributed by atoms with Gasteiger partial charge in [0.25, 0.3) is 5.91 Å². The van der Waals surface area contributed by atoms with Crippen LogP contribution in [-0.2, 0) is 0 Å². The fraction of sp³-hybridized carbons (Fsp3) is 0.500. The zero-order valence-corrected chi connectivity index (χ0v) is 12.8. The van der Waals surface area contributed by atoms with Gasteiger partial charge in [0, 0.05) is 24.0 Å². The van der Waals surface area contributed by atoms with Crippen molar-refractivity contribution in [1.82, 2.24) is 15.3 Å². The summed E-state index contributed by atoms with van der Waals surface area (Å²) in [4.78, 5) is 21.0. The van der Waals surface area contributed by atoms with Crippen LogP contribution in [0.1, 0.15) is 43.0 Å². The molecule has 4 nitrogen and oxygen atoms in total. The second-order valence-corrected chi connectivity index (χ2v) is 6.86. The average molecular weight is 295 g/mol. The van der Waals surface area contributed by atoms with Crippen LogP contribution >= 0.6 is 0 Å². The molecular formula is C18H21N3O. The van der Waals surface area contributed by atoms with Crippen LogP contribution in [0.15, 0.2) is 30.6 Å². The van der Waals surface area contributed by atoms with Crippen molar-refractivity contribution in [2.45, 2.75) is 38.6 Å². The molecule has 1 N–H and O–H groups in total. The number of aromatic nitrogens is 2. The molecule has 0 saturated heterocycles.